The molecule has 0 aliphatic carbocycles. The molecule has 0 bridgehead atoms. The minimum atomic E-state index is -0.233. The number of nitrogens with zero attached hydrogens (tertiary/aromatic N) is 3. The zero-order chi connectivity index (χ0) is 21.3. The van der Waals surface area contributed by atoms with Gasteiger partial charge in [-0.2, -0.15) is 0 Å². The van der Waals surface area contributed by atoms with Crippen molar-refractivity contribution in [3.05, 3.63) is 52.8 Å². The Morgan fingerprint density at radius 3 is 2.67 bits per heavy atom. The third-order valence-electron chi connectivity index (χ3n) is 4.93. The molecule has 5 N–H and O–H groups in total. The van der Waals surface area contributed by atoms with Gasteiger partial charge in [-0.25, -0.2) is 15.0 Å². The van der Waals surface area contributed by atoms with Crippen molar-refractivity contribution in [1.82, 2.24) is 20.3 Å². The van der Waals surface area contributed by atoms with E-state index < -0.39 is 0 Å². The average molecular weight is 425 g/mol. The maximum Gasteiger partial charge on any atom is 0.253 e. The number of benzene rings is 1. The van der Waals surface area contributed by atoms with Gasteiger partial charge >= 0.3 is 0 Å². The van der Waals surface area contributed by atoms with Crippen molar-refractivity contribution >= 4 is 29.3 Å². The van der Waals surface area contributed by atoms with E-state index in [0.29, 0.717) is 46.6 Å². The number of aromatic nitrogens is 3. The van der Waals surface area contributed by atoms with E-state index in [1.807, 2.05) is 13.0 Å². The van der Waals surface area contributed by atoms with E-state index in [4.69, 9.17) is 27.8 Å². The number of nitrogen functional groups attached to an aromatic ring is 2. The fraction of sp³-hybridized carbons (Fsp3) is 0.238. The monoisotopic (exact) mass is 424 g/mol. The topological polar surface area (TPSA) is 129 Å². The van der Waals surface area contributed by atoms with Crippen LogP contribution < -0.4 is 16.8 Å². The summed E-state index contributed by atoms with van der Waals surface area (Å²) in [4.78, 5) is 25.5. The molecular formula is C21H21ClN6O2. The van der Waals surface area contributed by atoms with Gasteiger partial charge < -0.3 is 21.5 Å². The maximum absolute atomic E-state index is 12.6. The number of ether oxygens (including phenoxy) is 1. The van der Waals surface area contributed by atoms with Crippen molar-refractivity contribution in [2.45, 2.75) is 19.4 Å². The molecule has 3 heterocycles. The van der Waals surface area contributed by atoms with Crippen LogP contribution in [0.5, 0.6) is 0 Å². The number of pyridine rings is 1. The van der Waals surface area contributed by atoms with Crippen LogP contribution in [0.3, 0.4) is 0 Å². The van der Waals surface area contributed by atoms with Gasteiger partial charge in [0.05, 0.1) is 34.6 Å². The Kier molecular flexibility index (Phi) is 5.52. The number of anilines is 2. The lowest BCUT2D eigenvalue weighted by molar-refractivity contribution is 0.0930. The number of nitrogens with two attached hydrogens (primary N) is 2. The van der Waals surface area contributed by atoms with Gasteiger partial charge in [0.1, 0.15) is 5.82 Å². The second kappa shape index (κ2) is 8.25. The summed E-state index contributed by atoms with van der Waals surface area (Å²) < 4.78 is 5.30. The van der Waals surface area contributed by atoms with Crippen LogP contribution in [-0.2, 0) is 4.74 Å². The van der Waals surface area contributed by atoms with Crippen LogP contribution in [0.15, 0.2) is 36.5 Å². The van der Waals surface area contributed by atoms with Crippen LogP contribution in [-0.4, -0.2) is 40.1 Å². The van der Waals surface area contributed by atoms with E-state index in [-0.39, 0.29) is 17.9 Å². The smallest absolute Gasteiger partial charge is 0.253 e. The van der Waals surface area contributed by atoms with Gasteiger partial charge in [0.15, 0.2) is 0 Å². The normalized spacial score (nSPS) is 15.9. The van der Waals surface area contributed by atoms with Crippen LogP contribution >= 0.6 is 11.6 Å². The maximum atomic E-state index is 12.6. The Labute approximate surface area is 178 Å². The second-order valence-corrected chi connectivity index (χ2v) is 7.50. The van der Waals surface area contributed by atoms with Gasteiger partial charge in [-0.3, -0.25) is 4.79 Å². The number of hydrogen-bond acceptors (Lipinski definition) is 7. The molecule has 8 nitrogen and oxygen atoms in total. The van der Waals surface area contributed by atoms with Crippen molar-refractivity contribution < 1.29 is 9.53 Å². The van der Waals surface area contributed by atoms with Gasteiger partial charge in [-0.05, 0) is 37.6 Å². The van der Waals surface area contributed by atoms with E-state index in [1.165, 1.54) is 0 Å². The first kappa shape index (κ1) is 20.1. The minimum absolute atomic E-state index is 0.00201. The summed E-state index contributed by atoms with van der Waals surface area (Å²) in [5.74, 6) is 0.331. The Bertz CT molecular complexity index is 1100. The molecule has 154 valence electrons. The molecule has 1 unspecified atom stereocenters. The molecule has 4 rings (SSSR count). The summed E-state index contributed by atoms with van der Waals surface area (Å²) in [6, 6.07) is 8.74. The van der Waals surface area contributed by atoms with Crippen molar-refractivity contribution in [2.24, 2.45) is 0 Å². The van der Waals surface area contributed by atoms with Gasteiger partial charge in [0.2, 0.25) is 5.95 Å². The molecule has 1 aliphatic rings. The van der Waals surface area contributed by atoms with Crippen LogP contribution in [0, 0.1) is 6.92 Å². The fourth-order valence-corrected chi connectivity index (χ4v) is 3.73. The lowest BCUT2D eigenvalue weighted by atomic mass is 9.98. The molecule has 0 spiro atoms. The molecule has 1 amide bonds. The van der Waals surface area contributed by atoms with E-state index in [0.717, 1.165) is 17.5 Å². The standard InChI is InChI=1S/C21H21ClN6O2/c1-11-18(13-3-5-17(23)25-9-13)19(28-21(24)26-11)12-2-4-15(16(22)8-12)20(29)27-14-6-7-30-10-14/h2-5,8-9,14H,6-7,10H2,1H3,(H2,23,25)(H,27,29)(H2,24,26,28). The summed E-state index contributed by atoms with van der Waals surface area (Å²) in [7, 11) is 0. The predicted molar refractivity (Wildman–Crippen MR) is 116 cm³/mol. The predicted octanol–water partition coefficient (Wildman–Crippen LogP) is 2.85. The molecule has 1 aliphatic heterocycles. The van der Waals surface area contributed by atoms with Gasteiger partial charge in [-0.15, -0.1) is 0 Å². The number of halogens is 1. The summed E-state index contributed by atoms with van der Waals surface area (Å²) in [5.41, 5.74) is 15.6. The first-order valence-corrected chi connectivity index (χ1v) is 9.84. The van der Waals surface area contributed by atoms with Crippen molar-refractivity contribution in [2.75, 3.05) is 24.7 Å². The molecule has 3 aromatic rings. The average Bonchev–Trinajstić information content (AvgIpc) is 3.21. The Hall–Kier alpha value is -3.23. The highest BCUT2D eigenvalue weighted by molar-refractivity contribution is 6.34. The Morgan fingerprint density at radius 2 is 2.00 bits per heavy atom. The van der Waals surface area contributed by atoms with Gasteiger partial charge in [0.25, 0.3) is 5.91 Å². The van der Waals surface area contributed by atoms with Crippen LogP contribution in [0.25, 0.3) is 22.4 Å². The Balaban J connectivity index is 1.72. The lowest BCUT2D eigenvalue weighted by Crippen LogP contribution is -2.35. The third-order valence-corrected chi connectivity index (χ3v) is 5.25. The number of aryl methyl sites for hydroxylation is 1. The largest absolute Gasteiger partial charge is 0.384 e. The third kappa shape index (κ3) is 4.05. The zero-order valence-electron chi connectivity index (χ0n) is 16.4. The first-order chi connectivity index (χ1) is 14.4. The van der Waals surface area contributed by atoms with Crippen molar-refractivity contribution in [3.8, 4) is 22.4 Å². The number of carbonyl (C=O) groups is 1. The summed E-state index contributed by atoms with van der Waals surface area (Å²) >= 11 is 6.46. The summed E-state index contributed by atoms with van der Waals surface area (Å²) in [5, 5.41) is 3.26. The first-order valence-electron chi connectivity index (χ1n) is 9.47. The molecule has 0 saturated carbocycles. The van der Waals surface area contributed by atoms with Crippen molar-refractivity contribution in [1.29, 1.82) is 0 Å². The minimum Gasteiger partial charge on any atom is -0.384 e. The summed E-state index contributed by atoms with van der Waals surface area (Å²) in [6.45, 7) is 3.01. The number of carbonyl (C=O) groups excluding carboxylic acids is 1. The number of rotatable bonds is 4. The highest BCUT2D eigenvalue weighted by atomic mass is 35.5. The SMILES string of the molecule is Cc1nc(N)nc(-c2ccc(C(=O)NC3CCOC3)c(Cl)c2)c1-c1ccc(N)nc1. The summed E-state index contributed by atoms with van der Waals surface area (Å²) in [6.07, 6.45) is 2.45. The molecule has 1 fully saturated rings. The van der Waals surface area contributed by atoms with Gasteiger partial charge in [0, 0.05) is 29.5 Å². The van der Waals surface area contributed by atoms with E-state index in [1.54, 1.807) is 30.5 Å². The molecule has 0 radical (unpaired) electrons. The quantitative estimate of drug-likeness (QED) is 0.587. The molecule has 2 aromatic heterocycles. The molecule has 1 saturated heterocycles. The number of amides is 1. The molecule has 1 aromatic carbocycles. The number of nitrogens with one attached hydrogen (secondary N) is 1. The van der Waals surface area contributed by atoms with Crippen molar-refractivity contribution in [3.63, 3.8) is 0 Å². The highest BCUT2D eigenvalue weighted by Gasteiger charge is 2.21. The molecule has 9 heteroatoms. The molecule has 1 atom stereocenters. The van der Waals surface area contributed by atoms with E-state index >= 15 is 0 Å². The van der Waals surface area contributed by atoms with E-state index in [2.05, 4.69) is 20.3 Å². The van der Waals surface area contributed by atoms with E-state index in [9.17, 15) is 4.79 Å². The second-order valence-electron chi connectivity index (χ2n) is 7.09. The van der Waals surface area contributed by atoms with Crippen LogP contribution in [0.1, 0.15) is 22.5 Å². The van der Waals surface area contributed by atoms with Crippen LogP contribution in [0.2, 0.25) is 5.02 Å². The molecule has 30 heavy (non-hydrogen) atoms. The number of hydrogen-bond donors (Lipinski definition) is 3. The molecular weight excluding hydrogens is 404 g/mol. The lowest BCUT2D eigenvalue weighted by Gasteiger charge is -2.15. The fourth-order valence-electron chi connectivity index (χ4n) is 3.46. The van der Waals surface area contributed by atoms with Crippen LogP contribution in [0.4, 0.5) is 11.8 Å². The zero-order valence-corrected chi connectivity index (χ0v) is 17.1. The van der Waals surface area contributed by atoms with Gasteiger partial charge in [-0.1, -0.05) is 17.7 Å². The Morgan fingerprint density at radius 1 is 1.20 bits per heavy atom. The highest BCUT2D eigenvalue weighted by Crippen LogP contribution is 2.35.